The third kappa shape index (κ3) is 10.7. The molecule has 0 atom stereocenters. The van der Waals surface area contributed by atoms with Gasteiger partial charge in [0.1, 0.15) is 0 Å². The normalized spacial score (nSPS) is 10.9. The summed E-state index contributed by atoms with van der Waals surface area (Å²) in [6.07, 6.45) is 6.36. The average Bonchev–Trinajstić information content (AvgIpc) is 3.41. The number of benzene rings is 1. The van der Waals surface area contributed by atoms with Gasteiger partial charge in [-0.05, 0) is 38.5 Å². The van der Waals surface area contributed by atoms with Crippen molar-refractivity contribution in [2.45, 2.75) is 32.9 Å². The number of anilines is 4. The van der Waals surface area contributed by atoms with E-state index in [2.05, 4.69) is 41.2 Å². The molecule has 2 aromatic heterocycles. The van der Waals surface area contributed by atoms with E-state index >= 15 is 0 Å². The molecule has 38 heavy (non-hydrogen) atoms. The summed E-state index contributed by atoms with van der Waals surface area (Å²) in [5.41, 5.74) is 6.55. The number of carbonyl (C=O) groups is 1. The quantitative estimate of drug-likeness (QED) is 0.154. The molecular weight excluding hydrogens is 488 g/mol. The minimum atomic E-state index is -0.199. The van der Waals surface area contributed by atoms with Crippen molar-refractivity contribution in [1.29, 1.82) is 0 Å². The first-order valence-corrected chi connectivity index (χ1v) is 12.8. The summed E-state index contributed by atoms with van der Waals surface area (Å²) >= 11 is 0. The van der Waals surface area contributed by atoms with Crippen molar-refractivity contribution in [3.8, 4) is 0 Å². The maximum atomic E-state index is 12.6. The Balaban J connectivity index is 1.54. The molecule has 1 aromatic carbocycles. The maximum absolute atomic E-state index is 12.6. The molecule has 0 aliphatic heterocycles. The molecule has 206 valence electrons. The van der Waals surface area contributed by atoms with Crippen molar-refractivity contribution in [3.63, 3.8) is 0 Å². The van der Waals surface area contributed by atoms with Crippen LogP contribution in [0.25, 0.3) is 0 Å². The first-order valence-electron chi connectivity index (χ1n) is 12.8. The molecule has 2 heterocycles. The Morgan fingerprint density at radius 2 is 1.82 bits per heavy atom. The van der Waals surface area contributed by atoms with Gasteiger partial charge in [-0.25, -0.2) is 4.98 Å². The van der Waals surface area contributed by atoms with Crippen LogP contribution >= 0.6 is 0 Å². The molecule has 3 aromatic rings. The number of ether oxygens (including phenoxy) is 2. The lowest BCUT2D eigenvalue weighted by atomic mass is 10.2. The van der Waals surface area contributed by atoms with Crippen LogP contribution in [0, 0.1) is 0 Å². The number of aryl methyl sites for hydroxylation is 1. The molecule has 0 aliphatic rings. The van der Waals surface area contributed by atoms with Crippen molar-refractivity contribution in [1.82, 2.24) is 29.8 Å². The number of aromatic nitrogens is 5. The number of hydrogen-bond acceptors (Lipinski definition) is 11. The minimum Gasteiger partial charge on any atom is -0.378 e. The van der Waals surface area contributed by atoms with Gasteiger partial charge in [0.15, 0.2) is 0 Å². The molecular formula is C25H38N10O3. The van der Waals surface area contributed by atoms with Crippen LogP contribution in [0.4, 0.5) is 23.5 Å². The summed E-state index contributed by atoms with van der Waals surface area (Å²) in [6.45, 7) is 8.26. The van der Waals surface area contributed by atoms with Crippen LogP contribution in [-0.2, 0) is 16.0 Å². The van der Waals surface area contributed by atoms with Gasteiger partial charge in [0, 0.05) is 55.9 Å². The van der Waals surface area contributed by atoms with E-state index in [4.69, 9.17) is 15.2 Å². The standard InChI is InChI=1S/C25H38N10O3/c1-19(2)30-24-32-23(29-8-4-11-35-12-9-27-18-35)33-25(34-24)31-21-6-3-5-20(17-21)22(36)28-10-14-38-16-15-37-13-7-26/h3,5-6,9,12,17-19H,4,7-8,10-11,13-16,26H2,1-2H3,(H,28,36)(H3,29,30,31,32,33,34). The molecule has 0 fully saturated rings. The van der Waals surface area contributed by atoms with Gasteiger partial charge in [-0.2, -0.15) is 15.0 Å². The second-order valence-electron chi connectivity index (χ2n) is 8.66. The molecule has 0 saturated carbocycles. The van der Waals surface area contributed by atoms with Crippen LogP contribution in [0.5, 0.6) is 0 Å². The van der Waals surface area contributed by atoms with Gasteiger partial charge in [0.2, 0.25) is 17.8 Å². The molecule has 6 N–H and O–H groups in total. The van der Waals surface area contributed by atoms with Crippen LogP contribution in [0.15, 0.2) is 43.0 Å². The smallest absolute Gasteiger partial charge is 0.251 e. The van der Waals surface area contributed by atoms with E-state index in [1.54, 1.807) is 30.7 Å². The summed E-state index contributed by atoms with van der Waals surface area (Å²) in [5.74, 6) is 1.08. The summed E-state index contributed by atoms with van der Waals surface area (Å²) in [7, 11) is 0. The Kier molecular flexibility index (Phi) is 12.2. The third-order valence-electron chi connectivity index (χ3n) is 5.04. The highest BCUT2D eigenvalue weighted by atomic mass is 16.5. The molecule has 13 heteroatoms. The number of nitrogens with two attached hydrogens (primary N) is 1. The van der Waals surface area contributed by atoms with Crippen LogP contribution in [0.2, 0.25) is 0 Å². The number of rotatable bonds is 18. The Labute approximate surface area is 223 Å². The Morgan fingerprint density at radius 1 is 1.03 bits per heavy atom. The number of carbonyl (C=O) groups excluding carboxylic acids is 1. The van der Waals surface area contributed by atoms with Gasteiger partial charge in [0.25, 0.3) is 5.91 Å². The highest BCUT2D eigenvalue weighted by Gasteiger charge is 2.10. The number of imidazole rings is 1. The number of amides is 1. The first-order chi connectivity index (χ1) is 18.5. The Morgan fingerprint density at radius 3 is 2.58 bits per heavy atom. The first kappa shape index (κ1) is 28.8. The molecule has 13 nitrogen and oxygen atoms in total. The largest absolute Gasteiger partial charge is 0.378 e. The van der Waals surface area contributed by atoms with Crippen molar-refractivity contribution >= 4 is 29.4 Å². The third-order valence-corrected chi connectivity index (χ3v) is 5.04. The molecule has 0 unspecified atom stereocenters. The van der Waals surface area contributed by atoms with Crippen LogP contribution in [0.1, 0.15) is 30.6 Å². The van der Waals surface area contributed by atoms with Gasteiger partial charge in [0.05, 0.1) is 32.8 Å². The van der Waals surface area contributed by atoms with Crippen LogP contribution in [0.3, 0.4) is 0 Å². The summed E-state index contributed by atoms with van der Waals surface area (Å²) < 4.78 is 12.7. The molecule has 1 amide bonds. The molecule has 0 saturated heterocycles. The number of hydrogen-bond donors (Lipinski definition) is 5. The lowest BCUT2D eigenvalue weighted by molar-refractivity contribution is 0.0511. The fourth-order valence-corrected chi connectivity index (χ4v) is 3.33. The van der Waals surface area contributed by atoms with E-state index in [0.717, 1.165) is 13.0 Å². The summed E-state index contributed by atoms with van der Waals surface area (Å²) in [5, 5.41) is 12.5. The molecule has 3 rings (SSSR count). The van der Waals surface area contributed by atoms with Crippen molar-refractivity contribution < 1.29 is 14.3 Å². The zero-order valence-corrected chi connectivity index (χ0v) is 22.0. The fraction of sp³-hybridized carbons (Fsp3) is 0.480. The highest BCUT2D eigenvalue weighted by molar-refractivity contribution is 5.95. The van der Waals surface area contributed by atoms with E-state index in [-0.39, 0.29) is 11.9 Å². The van der Waals surface area contributed by atoms with Crippen molar-refractivity contribution in [2.75, 3.05) is 62.0 Å². The van der Waals surface area contributed by atoms with E-state index in [1.165, 1.54) is 0 Å². The number of nitrogens with zero attached hydrogens (tertiary/aromatic N) is 5. The van der Waals surface area contributed by atoms with Crippen LogP contribution in [-0.4, -0.2) is 82.5 Å². The SMILES string of the molecule is CC(C)Nc1nc(NCCCn2ccnc2)nc(Nc2cccc(C(=O)NCCOCCOCCN)c2)n1. The van der Waals surface area contributed by atoms with E-state index in [0.29, 0.717) is 75.2 Å². The molecule has 0 radical (unpaired) electrons. The lowest BCUT2D eigenvalue weighted by Gasteiger charge is -2.13. The topological polar surface area (TPSA) is 166 Å². The second-order valence-corrected chi connectivity index (χ2v) is 8.66. The highest BCUT2D eigenvalue weighted by Crippen LogP contribution is 2.18. The molecule has 0 aliphatic carbocycles. The fourth-order valence-electron chi connectivity index (χ4n) is 3.33. The zero-order valence-electron chi connectivity index (χ0n) is 22.0. The van der Waals surface area contributed by atoms with Crippen molar-refractivity contribution in [3.05, 3.63) is 48.5 Å². The molecule has 0 bridgehead atoms. The van der Waals surface area contributed by atoms with E-state index < -0.39 is 0 Å². The monoisotopic (exact) mass is 526 g/mol. The Hall–Kier alpha value is -3.81. The van der Waals surface area contributed by atoms with Crippen molar-refractivity contribution in [2.24, 2.45) is 5.73 Å². The zero-order chi connectivity index (χ0) is 27.0. The predicted molar refractivity (Wildman–Crippen MR) is 147 cm³/mol. The molecule has 0 spiro atoms. The average molecular weight is 527 g/mol. The van der Waals surface area contributed by atoms with Gasteiger partial charge in [-0.3, -0.25) is 4.79 Å². The van der Waals surface area contributed by atoms with E-state index in [1.807, 2.05) is 30.7 Å². The lowest BCUT2D eigenvalue weighted by Crippen LogP contribution is -2.27. The minimum absolute atomic E-state index is 0.147. The van der Waals surface area contributed by atoms with Crippen LogP contribution < -0.4 is 27.0 Å². The van der Waals surface area contributed by atoms with Gasteiger partial charge in [-0.1, -0.05) is 6.07 Å². The Bertz CT molecular complexity index is 1090. The number of nitrogens with one attached hydrogen (secondary N) is 4. The van der Waals surface area contributed by atoms with Gasteiger partial charge >= 0.3 is 0 Å². The second kappa shape index (κ2) is 16.1. The van der Waals surface area contributed by atoms with E-state index in [9.17, 15) is 4.79 Å². The van der Waals surface area contributed by atoms with Gasteiger partial charge in [-0.15, -0.1) is 0 Å². The summed E-state index contributed by atoms with van der Waals surface area (Å²) in [6, 6.07) is 7.28. The van der Waals surface area contributed by atoms with Gasteiger partial charge < -0.3 is 41.0 Å². The summed E-state index contributed by atoms with van der Waals surface area (Å²) in [4.78, 5) is 30.1. The maximum Gasteiger partial charge on any atom is 0.251 e. The predicted octanol–water partition coefficient (Wildman–Crippen LogP) is 1.86.